The highest BCUT2D eigenvalue weighted by atomic mass is 35.5. The van der Waals surface area contributed by atoms with E-state index >= 15 is 0 Å². The van der Waals surface area contributed by atoms with Crippen LogP contribution in [0.1, 0.15) is 24.0 Å². The zero-order valence-corrected chi connectivity index (χ0v) is 15.4. The summed E-state index contributed by atoms with van der Waals surface area (Å²) in [5.41, 5.74) is 7.72. The molecule has 0 bridgehead atoms. The molecule has 2 aliphatic rings. The Hall–Kier alpha value is -1.95. The van der Waals surface area contributed by atoms with Gasteiger partial charge in [-0.05, 0) is 36.2 Å². The summed E-state index contributed by atoms with van der Waals surface area (Å²) in [7, 11) is 0. The van der Waals surface area contributed by atoms with E-state index in [1.165, 1.54) is 6.07 Å². The van der Waals surface area contributed by atoms with E-state index in [1.807, 2.05) is 13.0 Å². The number of rotatable bonds is 2. The van der Waals surface area contributed by atoms with Crippen LogP contribution in [0.5, 0.6) is 0 Å². The average Bonchev–Trinajstić information content (AvgIpc) is 3.10. The summed E-state index contributed by atoms with van der Waals surface area (Å²) >= 11 is 12.1. The van der Waals surface area contributed by atoms with Gasteiger partial charge in [-0.3, -0.25) is 9.79 Å². The van der Waals surface area contributed by atoms with Crippen molar-refractivity contribution in [2.45, 2.75) is 24.3 Å². The van der Waals surface area contributed by atoms with Crippen LogP contribution in [0, 0.1) is 5.82 Å². The number of benzene rings is 2. The zero-order valence-electron chi connectivity index (χ0n) is 13.9. The van der Waals surface area contributed by atoms with Crippen LogP contribution in [-0.2, 0) is 10.2 Å². The van der Waals surface area contributed by atoms with Gasteiger partial charge < -0.3 is 11.1 Å². The Kier molecular flexibility index (Phi) is 4.06. The van der Waals surface area contributed by atoms with Gasteiger partial charge in [-0.25, -0.2) is 4.39 Å². The van der Waals surface area contributed by atoms with Crippen molar-refractivity contribution in [3.8, 4) is 0 Å². The quantitative estimate of drug-likeness (QED) is 0.818. The predicted molar refractivity (Wildman–Crippen MR) is 101 cm³/mol. The molecule has 0 aromatic heterocycles. The number of hydrogen-bond donors (Lipinski definition) is 2. The molecule has 2 aliphatic heterocycles. The zero-order chi connectivity index (χ0) is 18.6. The summed E-state index contributed by atoms with van der Waals surface area (Å²) in [6, 6.07) is 9.51. The number of nitrogens with one attached hydrogen (secondary N) is 1. The van der Waals surface area contributed by atoms with Gasteiger partial charge in [0.2, 0.25) is 5.91 Å². The van der Waals surface area contributed by atoms with Gasteiger partial charge in [-0.2, -0.15) is 0 Å². The fourth-order valence-corrected chi connectivity index (χ4v) is 4.67. The first kappa shape index (κ1) is 17.5. The molecule has 3 unspecified atom stereocenters. The number of nitrogens with zero attached hydrogens (tertiary/aromatic N) is 1. The first-order valence-corrected chi connectivity index (χ1v) is 8.94. The maximum absolute atomic E-state index is 14.9. The van der Waals surface area contributed by atoms with E-state index in [0.29, 0.717) is 17.1 Å². The molecular formula is C19H16Cl2FN3O. The second kappa shape index (κ2) is 6.05. The summed E-state index contributed by atoms with van der Waals surface area (Å²) in [4.78, 5) is 16.8. The minimum atomic E-state index is -0.741. The van der Waals surface area contributed by atoms with Crippen molar-refractivity contribution in [3.63, 3.8) is 0 Å². The van der Waals surface area contributed by atoms with Crippen molar-refractivity contribution >= 4 is 40.5 Å². The lowest BCUT2D eigenvalue weighted by molar-refractivity contribution is -0.120. The molecule has 0 aliphatic carbocycles. The van der Waals surface area contributed by atoms with E-state index in [2.05, 4.69) is 10.3 Å². The van der Waals surface area contributed by atoms with Crippen molar-refractivity contribution in [1.82, 2.24) is 5.32 Å². The number of nitrogens with two attached hydrogens (primary N) is 1. The van der Waals surface area contributed by atoms with Crippen LogP contribution in [-0.4, -0.2) is 24.2 Å². The molecule has 134 valence electrons. The second-order valence-electron chi connectivity index (χ2n) is 6.71. The van der Waals surface area contributed by atoms with Gasteiger partial charge in [0.15, 0.2) is 0 Å². The maximum atomic E-state index is 14.9. The summed E-state index contributed by atoms with van der Waals surface area (Å²) in [6.45, 7) is 2.30. The minimum absolute atomic E-state index is 0.0108. The number of halogens is 3. The Balaban J connectivity index is 1.98. The first-order valence-electron chi connectivity index (χ1n) is 8.18. The molecule has 0 radical (unpaired) electrons. The number of amides is 1. The van der Waals surface area contributed by atoms with E-state index in [0.717, 1.165) is 17.0 Å². The Labute approximate surface area is 160 Å². The van der Waals surface area contributed by atoms with Gasteiger partial charge >= 0.3 is 0 Å². The molecule has 26 heavy (non-hydrogen) atoms. The van der Waals surface area contributed by atoms with Crippen LogP contribution >= 0.6 is 23.2 Å². The largest absolute Gasteiger partial charge is 0.368 e. The molecule has 0 saturated carbocycles. The maximum Gasteiger partial charge on any atom is 0.235 e. The standard InChI is InChI=1S/C19H16Cl2FN3O/c1-9-19(12-6-5-10(20)7-14(12)25-9)8-24-17(18(23)26)15(19)11-3-2-4-13(21)16(11)22/h2-7,15,17,24H,8H2,1H3,(H2,23,26). The lowest BCUT2D eigenvalue weighted by Gasteiger charge is -2.34. The van der Waals surface area contributed by atoms with Gasteiger partial charge in [0.25, 0.3) is 0 Å². The number of hydrogen-bond acceptors (Lipinski definition) is 3. The molecular weight excluding hydrogens is 376 g/mol. The Morgan fingerprint density at radius 3 is 2.85 bits per heavy atom. The van der Waals surface area contributed by atoms with Gasteiger partial charge in [0, 0.05) is 23.2 Å². The normalized spacial score (nSPS) is 26.8. The number of carbonyl (C=O) groups excluding carboxylic acids is 1. The third-order valence-electron chi connectivity index (χ3n) is 5.46. The number of aliphatic imine (C=N–C) groups is 1. The Bertz CT molecular complexity index is 962. The van der Waals surface area contributed by atoms with E-state index in [9.17, 15) is 9.18 Å². The molecule has 4 rings (SSSR count). The van der Waals surface area contributed by atoms with Crippen molar-refractivity contribution in [3.05, 3.63) is 63.4 Å². The lowest BCUT2D eigenvalue weighted by atomic mass is 9.66. The van der Waals surface area contributed by atoms with Crippen LogP contribution in [0.4, 0.5) is 10.1 Å². The Morgan fingerprint density at radius 2 is 2.12 bits per heavy atom. The minimum Gasteiger partial charge on any atom is -0.368 e. The molecule has 2 aromatic rings. The number of carbonyl (C=O) groups is 1. The summed E-state index contributed by atoms with van der Waals surface area (Å²) in [6.07, 6.45) is 0. The summed E-state index contributed by atoms with van der Waals surface area (Å²) in [5, 5.41) is 3.75. The Morgan fingerprint density at radius 1 is 1.35 bits per heavy atom. The monoisotopic (exact) mass is 391 g/mol. The predicted octanol–water partition coefficient (Wildman–Crippen LogP) is 3.72. The third-order valence-corrected chi connectivity index (χ3v) is 5.99. The summed E-state index contributed by atoms with van der Waals surface area (Å²) < 4.78 is 14.9. The molecule has 2 aromatic carbocycles. The third kappa shape index (κ3) is 2.31. The highest BCUT2D eigenvalue weighted by Gasteiger charge is 2.57. The highest BCUT2D eigenvalue weighted by Crippen LogP contribution is 2.53. The number of fused-ring (bicyclic) bond motifs is 2. The topological polar surface area (TPSA) is 67.5 Å². The van der Waals surface area contributed by atoms with Gasteiger partial charge in [-0.1, -0.05) is 41.4 Å². The van der Waals surface area contributed by atoms with Crippen molar-refractivity contribution in [1.29, 1.82) is 0 Å². The van der Waals surface area contributed by atoms with Crippen molar-refractivity contribution in [2.24, 2.45) is 10.7 Å². The second-order valence-corrected chi connectivity index (χ2v) is 7.56. The van der Waals surface area contributed by atoms with Gasteiger partial charge in [0.05, 0.1) is 22.2 Å². The van der Waals surface area contributed by atoms with Crippen LogP contribution in [0.15, 0.2) is 41.4 Å². The first-order chi connectivity index (χ1) is 12.4. The smallest absolute Gasteiger partial charge is 0.235 e. The summed E-state index contributed by atoms with van der Waals surface area (Å²) in [5.74, 6) is -1.64. The fraction of sp³-hybridized carbons (Fsp3) is 0.263. The van der Waals surface area contributed by atoms with Crippen LogP contribution < -0.4 is 11.1 Å². The molecule has 3 N–H and O–H groups in total. The molecule has 2 heterocycles. The molecule has 1 spiro atoms. The van der Waals surface area contributed by atoms with E-state index in [1.54, 1.807) is 24.3 Å². The molecule has 7 heteroatoms. The molecule has 1 fully saturated rings. The van der Waals surface area contributed by atoms with Crippen LogP contribution in [0.2, 0.25) is 10.0 Å². The fourth-order valence-electron chi connectivity index (χ4n) is 4.32. The van der Waals surface area contributed by atoms with Crippen LogP contribution in [0.3, 0.4) is 0 Å². The average molecular weight is 392 g/mol. The van der Waals surface area contributed by atoms with E-state index < -0.39 is 29.1 Å². The molecule has 1 saturated heterocycles. The number of primary amides is 1. The SMILES string of the molecule is CC1=Nc2cc(Cl)ccc2C12CNC(C(N)=O)C2c1cccc(Cl)c1F. The highest BCUT2D eigenvalue weighted by molar-refractivity contribution is 6.31. The van der Waals surface area contributed by atoms with Gasteiger partial charge in [0.1, 0.15) is 5.82 Å². The lowest BCUT2D eigenvalue weighted by Crippen LogP contribution is -2.43. The molecule has 3 atom stereocenters. The van der Waals surface area contributed by atoms with E-state index in [-0.39, 0.29) is 5.02 Å². The van der Waals surface area contributed by atoms with Crippen molar-refractivity contribution < 1.29 is 9.18 Å². The van der Waals surface area contributed by atoms with Gasteiger partial charge in [-0.15, -0.1) is 0 Å². The molecule has 1 amide bonds. The van der Waals surface area contributed by atoms with E-state index in [4.69, 9.17) is 28.9 Å². The van der Waals surface area contributed by atoms with Crippen LogP contribution in [0.25, 0.3) is 0 Å². The van der Waals surface area contributed by atoms with Crippen molar-refractivity contribution in [2.75, 3.05) is 6.54 Å². The molecule has 4 nitrogen and oxygen atoms in total.